The third-order valence-electron chi connectivity index (χ3n) is 3.61. The summed E-state index contributed by atoms with van der Waals surface area (Å²) in [5.74, 6) is -1.22. The van der Waals surface area contributed by atoms with Gasteiger partial charge in [0.25, 0.3) is 0 Å². The molecule has 2 N–H and O–H groups in total. The van der Waals surface area contributed by atoms with Crippen molar-refractivity contribution in [2.24, 2.45) is 0 Å². The molecule has 1 saturated carbocycles. The molecule has 0 saturated heterocycles. The number of aliphatic carboxylic acids is 1. The molecule has 1 aliphatic carbocycles. The molecule has 1 aliphatic rings. The SMILES string of the molecule is O=C(Cc1ccc(-n2cccn2)cc1)NC1(C(=O)O)CC1. The predicted molar refractivity (Wildman–Crippen MR) is 75.0 cm³/mol. The number of carboxylic acid groups (broad SMARTS) is 1. The number of hydrogen-bond donors (Lipinski definition) is 2. The third kappa shape index (κ3) is 2.79. The Balaban J connectivity index is 1.63. The van der Waals surface area contributed by atoms with E-state index in [9.17, 15) is 9.59 Å². The van der Waals surface area contributed by atoms with Crippen LogP contribution in [0.25, 0.3) is 5.69 Å². The van der Waals surface area contributed by atoms with E-state index in [4.69, 9.17) is 5.11 Å². The summed E-state index contributed by atoms with van der Waals surface area (Å²) in [6.07, 6.45) is 4.72. The summed E-state index contributed by atoms with van der Waals surface area (Å²) in [7, 11) is 0. The molecule has 0 radical (unpaired) electrons. The van der Waals surface area contributed by atoms with Gasteiger partial charge in [0.1, 0.15) is 5.54 Å². The Bertz CT molecular complexity index is 658. The number of carboxylic acids is 1. The quantitative estimate of drug-likeness (QED) is 0.863. The van der Waals surface area contributed by atoms with Gasteiger partial charge in [-0.3, -0.25) is 4.79 Å². The topological polar surface area (TPSA) is 84.2 Å². The molecule has 1 fully saturated rings. The van der Waals surface area contributed by atoms with Crippen molar-refractivity contribution < 1.29 is 14.7 Å². The summed E-state index contributed by atoms with van der Waals surface area (Å²) in [6.45, 7) is 0. The van der Waals surface area contributed by atoms with Crippen LogP contribution in [0.5, 0.6) is 0 Å². The molecule has 1 amide bonds. The van der Waals surface area contributed by atoms with Crippen molar-refractivity contribution in [2.45, 2.75) is 24.8 Å². The molecule has 6 nitrogen and oxygen atoms in total. The maximum atomic E-state index is 11.9. The highest BCUT2D eigenvalue weighted by Gasteiger charge is 2.51. The molecule has 21 heavy (non-hydrogen) atoms. The zero-order valence-corrected chi connectivity index (χ0v) is 11.3. The average Bonchev–Trinajstić information content (AvgIpc) is 3.03. The van der Waals surface area contributed by atoms with E-state index in [1.165, 1.54) is 0 Å². The number of nitrogens with zero attached hydrogens (tertiary/aromatic N) is 2. The molecule has 0 spiro atoms. The first-order chi connectivity index (χ1) is 10.1. The Morgan fingerprint density at radius 2 is 2.00 bits per heavy atom. The molecule has 0 unspecified atom stereocenters. The van der Waals surface area contributed by atoms with Crippen molar-refractivity contribution in [1.29, 1.82) is 0 Å². The zero-order chi connectivity index (χ0) is 14.9. The minimum absolute atomic E-state index is 0.175. The van der Waals surface area contributed by atoms with E-state index in [1.54, 1.807) is 10.9 Å². The summed E-state index contributed by atoms with van der Waals surface area (Å²) in [5, 5.41) is 15.8. The van der Waals surface area contributed by atoms with Crippen molar-refractivity contribution in [3.63, 3.8) is 0 Å². The third-order valence-corrected chi connectivity index (χ3v) is 3.61. The monoisotopic (exact) mass is 285 g/mol. The second-order valence-corrected chi connectivity index (χ2v) is 5.23. The van der Waals surface area contributed by atoms with Crippen LogP contribution in [0.4, 0.5) is 0 Å². The Morgan fingerprint density at radius 3 is 2.52 bits per heavy atom. The Kier molecular flexibility index (Phi) is 3.21. The van der Waals surface area contributed by atoms with E-state index in [1.807, 2.05) is 36.5 Å². The summed E-state index contributed by atoms with van der Waals surface area (Å²) in [4.78, 5) is 22.9. The lowest BCUT2D eigenvalue weighted by Crippen LogP contribution is -2.43. The Hall–Kier alpha value is -2.63. The lowest BCUT2D eigenvalue weighted by Gasteiger charge is -2.12. The van der Waals surface area contributed by atoms with Crippen molar-refractivity contribution >= 4 is 11.9 Å². The molecule has 0 atom stereocenters. The van der Waals surface area contributed by atoms with Gasteiger partial charge in [-0.2, -0.15) is 5.10 Å². The minimum atomic E-state index is -1.02. The van der Waals surface area contributed by atoms with Crippen molar-refractivity contribution in [3.8, 4) is 5.69 Å². The van der Waals surface area contributed by atoms with E-state index < -0.39 is 11.5 Å². The van der Waals surface area contributed by atoms with Gasteiger partial charge in [0.05, 0.1) is 12.1 Å². The number of benzene rings is 1. The fourth-order valence-corrected chi connectivity index (χ4v) is 2.20. The van der Waals surface area contributed by atoms with Gasteiger partial charge < -0.3 is 10.4 Å². The van der Waals surface area contributed by atoms with Crippen LogP contribution in [0, 0.1) is 0 Å². The van der Waals surface area contributed by atoms with Gasteiger partial charge in [0.15, 0.2) is 0 Å². The second kappa shape index (κ2) is 5.05. The first-order valence-electron chi connectivity index (χ1n) is 6.72. The highest BCUT2D eigenvalue weighted by atomic mass is 16.4. The zero-order valence-electron chi connectivity index (χ0n) is 11.3. The van der Waals surface area contributed by atoms with Gasteiger partial charge in [0, 0.05) is 12.4 Å². The molecule has 1 heterocycles. The Labute approximate surface area is 121 Å². The number of amides is 1. The van der Waals surface area contributed by atoms with Crippen LogP contribution in [0.3, 0.4) is 0 Å². The molecule has 1 aromatic heterocycles. The maximum Gasteiger partial charge on any atom is 0.329 e. The largest absolute Gasteiger partial charge is 0.480 e. The van der Waals surface area contributed by atoms with E-state index in [0.29, 0.717) is 12.8 Å². The molecule has 108 valence electrons. The second-order valence-electron chi connectivity index (χ2n) is 5.23. The minimum Gasteiger partial charge on any atom is -0.480 e. The van der Waals surface area contributed by atoms with E-state index in [2.05, 4.69) is 10.4 Å². The smallest absolute Gasteiger partial charge is 0.329 e. The van der Waals surface area contributed by atoms with Gasteiger partial charge in [0.2, 0.25) is 5.91 Å². The number of nitrogens with one attached hydrogen (secondary N) is 1. The normalized spacial score (nSPS) is 15.4. The van der Waals surface area contributed by atoms with Crippen molar-refractivity contribution in [2.75, 3.05) is 0 Å². The van der Waals surface area contributed by atoms with Crippen LogP contribution in [0.2, 0.25) is 0 Å². The fourth-order valence-electron chi connectivity index (χ4n) is 2.20. The number of rotatable bonds is 5. The van der Waals surface area contributed by atoms with E-state index >= 15 is 0 Å². The van der Waals surface area contributed by atoms with Crippen LogP contribution in [0.15, 0.2) is 42.7 Å². The summed E-state index contributed by atoms with van der Waals surface area (Å²) < 4.78 is 1.73. The Morgan fingerprint density at radius 1 is 1.29 bits per heavy atom. The van der Waals surface area contributed by atoms with Gasteiger partial charge in [-0.05, 0) is 36.6 Å². The first kappa shape index (κ1) is 13.4. The van der Waals surface area contributed by atoms with Crippen LogP contribution in [0.1, 0.15) is 18.4 Å². The van der Waals surface area contributed by atoms with Crippen LogP contribution in [-0.4, -0.2) is 32.3 Å². The summed E-state index contributed by atoms with van der Waals surface area (Å²) in [5.41, 5.74) is 0.726. The first-order valence-corrected chi connectivity index (χ1v) is 6.72. The number of carbonyl (C=O) groups excluding carboxylic acids is 1. The molecular weight excluding hydrogens is 270 g/mol. The highest BCUT2D eigenvalue weighted by Crippen LogP contribution is 2.35. The molecule has 6 heteroatoms. The van der Waals surface area contributed by atoms with Crippen LogP contribution >= 0.6 is 0 Å². The van der Waals surface area contributed by atoms with Crippen LogP contribution in [-0.2, 0) is 16.0 Å². The lowest BCUT2D eigenvalue weighted by atomic mass is 10.1. The lowest BCUT2D eigenvalue weighted by molar-refractivity contribution is -0.143. The molecule has 3 rings (SSSR count). The number of aromatic nitrogens is 2. The fraction of sp³-hybridized carbons (Fsp3) is 0.267. The van der Waals surface area contributed by atoms with Crippen molar-refractivity contribution in [1.82, 2.24) is 15.1 Å². The van der Waals surface area contributed by atoms with Crippen molar-refractivity contribution in [3.05, 3.63) is 48.3 Å². The summed E-state index contributed by atoms with van der Waals surface area (Å²) >= 11 is 0. The van der Waals surface area contributed by atoms with Gasteiger partial charge in [-0.15, -0.1) is 0 Å². The number of carbonyl (C=O) groups is 2. The number of hydrogen-bond acceptors (Lipinski definition) is 3. The molecule has 1 aromatic carbocycles. The standard InChI is InChI=1S/C15H15N3O3/c19-13(17-15(6-7-15)14(20)21)10-11-2-4-12(5-3-11)18-9-1-8-16-18/h1-5,8-9H,6-7,10H2,(H,17,19)(H,20,21). The van der Waals surface area contributed by atoms with E-state index in [-0.39, 0.29) is 12.3 Å². The van der Waals surface area contributed by atoms with Gasteiger partial charge >= 0.3 is 5.97 Å². The van der Waals surface area contributed by atoms with Gasteiger partial charge in [-0.1, -0.05) is 12.1 Å². The van der Waals surface area contributed by atoms with Gasteiger partial charge in [-0.25, -0.2) is 9.48 Å². The molecule has 0 aliphatic heterocycles. The van der Waals surface area contributed by atoms with E-state index in [0.717, 1.165) is 11.3 Å². The maximum absolute atomic E-state index is 11.9. The molecule has 0 bridgehead atoms. The molecular formula is C15H15N3O3. The predicted octanol–water partition coefficient (Wildman–Crippen LogP) is 1.15. The average molecular weight is 285 g/mol. The highest BCUT2D eigenvalue weighted by molar-refractivity contribution is 5.90. The van der Waals surface area contributed by atoms with Crippen LogP contribution < -0.4 is 5.32 Å². The summed E-state index contributed by atoms with van der Waals surface area (Å²) in [6, 6.07) is 9.27. The molecule has 2 aromatic rings.